The molecule has 1 nitrogen and oxygen atoms in total. The second-order valence-electron chi connectivity index (χ2n) is 3.73. The zero-order valence-electron chi connectivity index (χ0n) is 8.15. The van der Waals surface area contributed by atoms with E-state index in [1.165, 1.54) is 20.4 Å². The van der Waals surface area contributed by atoms with Crippen LogP contribution in [0.2, 0.25) is 0 Å². The van der Waals surface area contributed by atoms with Crippen LogP contribution in [0.15, 0.2) is 22.9 Å². The lowest BCUT2D eigenvalue weighted by Gasteiger charge is -2.08. The Bertz CT molecular complexity index is 535. The third kappa shape index (κ3) is 0.940. The van der Waals surface area contributed by atoms with Crippen LogP contribution in [0.5, 0.6) is 0 Å². The van der Waals surface area contributed by atoms with Gasteiger partial charge in [-0.3, -0.25) is 0 Å². The van der Waals surface area contributed by atoms with E-state index in [-0.39, 0.29) is 0 Å². The Labute approximate surface area is 90.6 Å². The molecule has 0 bridgehead atoms. The third-order valence-corrected chi connectivity index (χ3v) is 4.50. The first-order valence-electron chi connectivity index (χ1n) is 4.73. The van der Waals surface area contributed by atoms with E-state index >= 15 is 0 Å². The van der Waals surface area contributed by atoms with Crippen LogP contribution < -0.4 is 0 Å². The summed E-state index contributed by atoms with van der Waals surface area (Å²) in [6, 6.07) is 5.00. The number of hydrogen-bond donors (Lipinski definition) is 0. The van der Waals surface area contributed by atoms with E-state index < -0.39 is 0 Å². The fourth-order valence-corrected chi connectivity index (χ4v) is 3.96. The molecule has 0 spiro atoms. The van der Waals surface area contributed by atoms with Crippen molar-refractivity contribution in [3.05, 3.63) is 22.9 Å². The largest absolute Gasteiger partial charge is 0.336 e. The van der Waals surface area contributed by atoms with E-state index in [2.05, 4.69) is 41.3 Å². The number of thiophene rings is 2. The SMILES string of the molecule is CC(C)n1c2ccsc2c2sccc21. The lowest BCUT2D eigenvalue weighted by Crippen LogP contribution is -1.98. The van der Waals surface area contributed by atoms with Crippen molar-refractivity contribution in [1.82, 2.24) is 4.57 Å². The zero-order valence-corrected chi connectivity index (χ0v) is 9.78. The zero-order chi connectivity index (χ0) is 9.71. The molecule has 0 saturated carbocycles. The van der Waals surface area contributed by atoms with Crippen molar-refractivity contribution in [1.29, 1.82) is 0 Å². The Morgan fingerprint density at radius 1 is 1.00 bits per heavy atom. The molecule has 3 heteroatoms. The first-order chi connectivity index (χ1) is 6.79. The number of aromatic nitrogens is 1. The summed E-state index contributed by atoms with van der Waals surface area (Å²) in [4.78, 5) is 0. The van der Waals surface area contributed by atoms with Gasteiger partial charge >= 0.3 is 0 Å². The summed E-state index contributed by atoms with van der Waals surface area (Å²) in [6.07, 6.45) is 0. The maximum Gasteiger partial charge on any atom is 0.0700 e. The fourth-order valence-electron chi connectivity index (χ4n) is 2.01. The Kier molecular flexibility index (Phi) is 1.73. The lowest BCUT2D eigenvalue weighted by molar-refractivity contribution is 0.643. The van der Waals surface area contributed by atoms with Crippen molar-refractivity contribution < 1.29 is 0 Å². The number of rotatable bonds is 1. The normalized spacial score (nSPS) is 12.2. The van der Waals surface area contributed by atoms with E-state index in [0.717, 1.165) is 0 Å². The van der Waals surface area contributed by atoms with Crippen LogP contribution in [0.25, 0.3) is 20.4 Å². The van der Waals surface area contributed by atoms with Crippen molar-refractivity contribution in [2.75, 3.05) is 0 Å². The Morgan fingerprint density at radius 2 is 1.50 bits per heavy atom. The van der Waals surface area contributed by atoms with Gasteiger partial charge in [-0.1, -0.05) is 0 Å². The first-order valence-corrected chi connectivity index (χ1v) is 6.49. The minimum absolute atomic E-state index is 0.541. The summed E-state index contributed by atoms with van der Waals surface area (Å²) in [5.41, 5.74) is 2.79. The lowest BCUT2D eigenvalue weighted by atomic mass is 10.3. The average Bonchev–Trinajstić information content (AvgIpc) is 2.70. The summed E-state index contributed by atoms with van der Waals surface area (Å²) in [5.74, 6) is 0. The molecule has 0 saturated heterocycles. The molecule has 0 unspecified atom stereocenters. The van der Waals surface area contributed by atoms with Crippen LogP contribution in [-0.4, -0.2) is 4.57 Å². The number of fused-ring (bicyclic) bond motifs is 3. The third-order valence-electron chi connectivity index (χ3n) is 2.53. The fraction of sp³-hybridized carbons (Fsp3) is 0.273. The second kappa shape index (κ2) is 2.84. The Morgan fingerprint density at radius 3 is 1.93 bits per heavy atom. The van der Waals surface area contributed by atoms with Crippen molar-refractivity contribution in [3.8, 4) is 0 Å². The van der Waals surface area contributed by atoms with Crippen LogP contribution in [0.3, 0.4) is 0 Å². The molecule has 3 rings (SSSR count). The van der Waals surface area contributed by atoms with Crippen molar-refractivity contribution in [2.24, 2.45) is 0 Å². The monoisotopic (exact) mass is 221 g/mol. The van der Waals surface area contributed by atoms with Gasteiger partial charge in [0.15, 0.2) is 0 Å². The van der Waals surface area contributed by atoms with Gasteiger partial charge in [-0.2, -0.15) is 0 Å². The van der Waals surface area contributed by atoms with Gasteiger partial charge in [0.2, 0.25) is 0 Å². The minimum Gasteiger partial charge on any atom is -0.336 e. The Hall–Kier alpha value is -0.800. The molecule has 0 aliphatic heterocycles. The molecule has 0 N–H and O–H groups in total. The molecule has 3 aromatic heterocycles. The van der Waals surface area contributed by atoms with Crippen molar-refractivity contribution in [3.63, 3.8) is 0 Å². The van der Waals surface area contributed by atoms with Gasteiger partial charge < -0.3 is 4.57 Å². The maximum atomic E-state index is 2.43. The highest BCUT2D eigenvalue weighted by atomic mass is 32.1. The summed E-state index contributed by atoms with van der Waals surface area (Å²) >= 11 is 3.70. The molecule has 0 aliphatic rings. The molecule has 14 heavy (non-hydrogen) atoms. The highest BCUT2D eigenvalue weighted by Crippen LogP contribution is 2.38. The van der Waals surface area contributed by atoms with E-state index in [1.807, 2.05) is 22.7 Å². The predicted molar refractivity (Wildman–Crippen MR) is 65.6 cm³/mol. The molecule has 3 aromatic rings. The topological polar surface area (TPSA) is 4.93 Å². The molecule has 0 radical (unpaired) electrons. The molecular formula is C11H11NS2. The van der Waals surface area contributed by atoms with E-state index in [0.29, 0.717) is 6.04 Å². The van der Waals surface area contributed by atoms with Crippen LogP contribution >= 0.6 is 22.7 Å². The number of hydrogen-bond acceptors (Lipinski definition) is 2. The van der Waals surface area contributed by atoms with Gasteiger partial charge in [0.05, 0.1) is 20.4 Å². The second-order valence-corrected chi connectivity index (χ2v) is 5.57. The van der Waals surface area contributed by atoms with Crippen molar-refractivity contribution >= 4 is 43.1 Å². The summed E-state index contributed by atoms with van der Waals surface area (Å²) in [7, 11) is 0. The summed E-state index contributed by atoms with van der Waals surface area (Å²) < 4.78 is 5.32. The number of nitrogens with zero attached hydrogens (tertiary/aromatic N) is 1. The molecular weight excluding hydrogens is 210 g/mol. The summed E-state index contributed by atoms with van der Waals surface area (Å²) in [6.45, 7) is 4.49. The molecule has 0 atom stereocenters. The average molecular weight is 221 g/mol. The van der Waals surface area contributed by atoms with Crippen LogP contribution in [0.4, 0.5) is 0 Å². The molecule has 0 fully saturated rings. The predicted octanol–water partition coefficient (Wildman–Crippen LogP) is 4.50. The minimum atomic E-state index is 0.541. The van der Waals surface area contributed by atoms with Gasteiger partial charge in [-0.05, 0) is 36.7 Å². The van der Waals surface area contributed by atoms with Gasteiger partial charge in [-0.25, -0.2) is 0 Å². The maximum absolute atomic E-state index is 2.43. The quantitative estimate of drug-likeness (QED) is 0.570. The van der Waals surface area contributed by atoms with E-state index in [1.54, 1.807) is 0 Å². The van der Waals surface area contributed by atoms with Crippen LogP contribution in [0, 0.1) is 0 Å². The highest BCUT2D eigenvalue weighted by molar-refractivity contribution is 7.25. The van der Waals surface area contributed by atoms with E-state index in [9.17, 15) is 0 Å². The van der Waals surface area contributed by atoms with Crippen LogP contribution in [0.1, 0.15) is 19.9 Å². The van der Waals surface area contributed by atoms with Crippen LogP contribution in [-0.2, 0) is 0 Å². The van der Waals surface area contributed by atoms with E-state index in [4.69, 9.17) is 0 Å². The van der Waals surface area contributed by atoms with Gasteiger partial charge in [0, 0.05) is 6.04 Å². The standard InChI is InChI=1S/C11H11NS2/c1-7(2)12-8-3-5-13-10(8)11-9(12)4-6-14-11/h3-7H,1-2H3. The molecule has 0 aliphatic carbocycles. The highest BCUT2D eigenvalue weighted by Gasteiger charge is 2.13. The first kappa shape index (κ1) is 8.50. The summed E-state index contributed by atoms with van der Waals surface area (Å²) in [5, 5.41) is 4.37. The Balaban J connectivity index is 2.58. The molecule has 3 heterocycles. The van der Waals surface area contributed by atoms with Crippen molar-refractivity contribution in [2.45, 2.75) is 19.9 Å². The molecule has 0 aromatic carbocycles. The molecule has 0 amide bonds. The molecule has 72 valence electrons. The van der Waals surface area contributed by atoms with Gasteiger partial charge in [0.25, 0.3) is 0 Å². The van der Waals surface area contributed by atoms with Gasteiger partial charge in [-0.15, -0.1) is 22.7 Å². The van der Waals surface area contributed by atoms with Gasteiger partial charge in [0.1, 0.15) is 0 Å². The smallest absolute Gasteiger partial charge is 0.0700 e.